The van der Waals surface area contributed by atoms with Gasteiger partial charge in [0.05, 0.1) is 5.54 Å². The quantitative estimate of drug-likeness (QED) is 0.861. The standard InChI is InChI=1S/C15H28N2OS/c1-11(2)13(12(3)4)9-16-14-17-15(10-19-14)5-7-18-8-6-15/h11-13H,5-10H2,1-4H3,(H,16,17). The molecule has 0 aliphatic carbocycles. The molecule has 0 saturated carbocycles. The first kappa shape index (κ1) is 15.2. The Morgan fingerprint density at radius 3 is 2.42 bits per heavy atom. The molecule has 1 N–H and O–H groups in total. The third-order valence-corrected chi connectivity index (χ3v) is 5.67. The number of amidine groups is 1. The smallest absolute Gasteiger partial charge is 0.157 e. The number of nitrogens with one attached hydrogen (secondary N) is 1. The molecule has 0 bridgehead atoms. The monoisotopic (exact) mass is 284 g/mol. The lowest BCUT2D eigenvalue weighted by atomic mass is 9.86. The summed E-state index contributed by atoms with van der Waals surface area (Å²) in [5.74, 6) is 3.24. The summed E-state index contributed by atoms with van der Waals surface area (Å²) in [6, 6.07) is 0. The van der Waals surface area contributed by atoms with Crippen LogP contribution in [0.2, 0.25) is 0 Å². The van der Waals surface area contributed by atoms with Crippen molar-refractivity contribution < 1.29 is 4.74 Å². The Balaban J connectivity index is 1.90. The van der Waals surface area contributed by atoms with Crippen LogP contribution in [0.1, 0.15) is 40.5 Å². The van der Waals surface area contributed by atoms with Gasteiger partial charge < -0.3 is 10.1 Å². The summed E-state index contributed by atoms with van der Waals surface area (Å²) in [5, 5.41) is 4.83. The molecule has 0 aromatic rings. The largest absolute Gasteiger partial charge is 0.381 e. The fourth-order valence-corrected chi connectivity index (χ4v) is 4.23. The molecule has 0 radical (unpaired) electrons. The van der Waals surface area contributed by atoms with Crippen LogP contribution in [-0.4, -0.2) is 36.2 Å². The highest BCUT2D eigenvalue weighted by Gasteiger charge is 2.38. The number of aliphatic imine (C=N–C) groups is 1. The van der Waals surface area contributed by atoms with Crippen LogP contribution < -0.4 is 5.32 Å². The van der Waals surface area contributed by atoms with Crippen LogP contribution in [0.25, 0.3) is 0 Å². The number of rotatable bonds is 4. The van der Waals surface area contributed by atoms with Crippen LogP contribution in [0.5, 0.6) is 0 Å². The van der Waals surface area contributed by atoms with Gasteiger partial charge in [-0.1, -0.05) is 39.5 Å². The van der Waals surface area contributed by atoms with E-state index in [1.54, 1.807) is 0 Å². The Hall–Kier alpha value is -0.220. The van der Waals surface area contributed by atoms with E-state index in [0.29, 0.717) is 17.8 Å². The minimum atomic E-state index is 0.271. The van der Waals surface area contributed by atoms with Crippen LogP contribution in [0, 0.1) is 17.8 Å². The lowest BCUT2D eigenvalue weighted by Crippen LogP contribution is -2.48. The van der Waals surface area contributed by atoms with Gasteiger partial charge in [0.15, 0.2) is 5.17 Å². The number of nitrogens with zero attached hydrogens (tertiary/aromatic N) is 1. The highest BCUT2D eigenvalue weighted by Crippen LogP contribution is 2.32. The molecule has 0 unspecified atom stereocenters. The van der Waals surface area contributed by atoms with E-state index in [1.165, 1.54) is 0 Å². The summed E-state index contributed by atoms with van der Waals surface area (Å²) in [6.07, 6.45) is 2.24. The molecule has 0 aromatic carbocycles. The van der Waals surface area contributed by atoms with Crippen molar-refractivity contribution in [2.24, 2.45) is 22.7 Å². The van der Waals surface area contributed by atoms with Gasteiger partial charge in [0, 0.05) is 25.5 Å². The Bertz CT molecular complexity index is 314. The van der Waals surface area contributed by atoms with Crippen molar-refractivity contribution in [3.8, 4) is 0 Å². The Morgan fingerprint density at radius 1 is 1.21 bits per heavy atom. The number of hydrogen-bond donors (Lipinski definition) is 1. The van der Waals surface area contributed by atoms with Gasteiger partial charge in [-0.3, -0.25) is 4.99 Å². The lowest BCUT2D eigenvalue weighted by Gasteiger charge is -2.32. The molecular weight excluding hydrogens is 256 g/mol. The molecule has 2 heterocycles. The second-order valence-corrected chi connectivity index (χ2v) is 7.57. The summed E-state index contributed by atoms with van der Waals surface area (Å²) >= 11 is 1.90. The van der Waals surface area contributed by atoms with E-state index >= 15 is 0 Å². The minimum absolute atomic E-state index is 0.271. The van der Waals surface area contributed by atoms with E-state index < -0.39 is 0 Å². The Kier molecular flexibility index (Phi) is 5.18. The first-order valence-electron chi connectivity index (χ1n) is 7.55. The van der Waals surface area contributed by atoms with Gasteiger partial charge in [0.1, 0.15) is 0 Å². The van der Waals surface area contributed by atoms with Crippen LogP contribution >= 0.6 is 11.8 Å². The molecule has 0 aromatic heterocycles. The van der Waals surface area contributed by atoms with E-state index in [9.17, 15) is 0 Å². The zero-order valence-electron chi connectivity index (χ0n) is 12.7. The highest BCUT2D eigenvalue weighted by atomic mass is 32.2. The summed E-state index contributed by atoms with van der Waals surface area (Å²) in [7, 11) is 0. The molecular formula is C15H28N2OS. The Labute approximate surface area is 122 Å². The van der Waals surface area contributed by atoms with Gasteiger partial charge in [0.25, 0.3) is 0 Å². The Morgan fingerprint density at radius 2 is 1.84 bits per heavy atom. The molecule has 2 saturated heterocycles. The van der Waals surface area contributed by atoms with E-state index in [4.69, 9.17) is 9.73 Å². The van der Waals surface area contributed by atoms with Crippen molar-refractivity contribution in [1.82, 2.24) is 5.32 Å². The molecule has 0 amide bonds. The average Bonchev–Trinajstić information content (AvgIpc) is 2.72. The van der Waals surface area contributed by atoms with Gasteiger partial charge in [0.2, 0.25) is 0 Å². The molecule has 1 spiro atoms. The first-order chi connectivity index (χ1) is 9.02. The molecule has 0 atom stereocenters. The predicted octanol–water partition coefficient (Wildman–Crippen LogP) is 3.16. The topological polar surface area (TPSA) is 33.6 Å². The molecule has 19 heavy (non-hydrogen) atoms. The van der Waals surface area contributed by atoms with Gasteiger partial charge in [-0.2, -0.15) is 0 Å². The third kappa shape index (κ3) is 3.88. The number of ether oxygens (including phenoxy) is 1. The zero-order chi connectivity index (χ0) is 13.9. The van der Waals surface area contributed by atoms with E-state index in [0.717, 1.165) is 43.5 Å². The zero-order valence-corrected chi connectivity index (χ0v) is 13.6. The van der Waals surface area contributed by atoms with E-state index in [1.807, 2.05) is 11.8 Å². The van der Waals surface area contributed by atoms with Gasteiger partial charge in [-0.15, -0.1) is 0 Å². The fourth-order valence-electron chi connectivity index (χ4n) is 3.00. The fraction of sp³-hybridized carbons (Fsp3) is 0.933. The number of thioether (sulfide) groups is 1. The maximum Gasteiger partial charge on any atom is 0.157 e. The van der Waals surface area contributed by atoms with Crippen molar-refractivity contribution in [3.63, 3.8) is 0 Å². The maximum atomic E-state index is 5.46. The SMILES string of the molecule is CC(C)C(CN=C1NC2(CCOCC2)CS1)C(C)C. The molecule has 2 aliphatic heterocycles. The molecule has 3 nitrogen and oxygen atoms in total. The van der Waals surface area contributed by atoms with Crippen LogP contribution in [0.15, 0.2) is 4.99 Å². The predicted molar refractivity (Wildman–Crippen MR) is 83.8 cm³/mol. The molecule has 110 valence electrons. The maximum absolute atomic E-state index is 5.46. The summed E-state index contributed by atoms with van der Waals surface area (Å²) < 4.78 is 5.46. The highest BCUT2D eigenvalue weighted by molar-refractivity contribution is 8.14. The molecule has 2 fully saturated rings. The molecule has 2 rings (SSSR count). The van der Waals surface area contributed by atoms with Crippen molar-refractivity contribution >= 4 is 16.9 Å². The van der Waals surface area contributed by atoms with Crippen molar-refractivity contribution in [3.05, 3.63) is 0 Å². The normalized spacial score (nSPS) is 24.9. The molecule has 4 heteroatoms. The summed E-state index contributed by atoms with van der Waals surface area (Å²) in [4.78, 5) is 4.84. The summed E-state index contributed by atoms with van der Waals surface area (Å²) in [5.41, 5.74) is 0.271. The first-order valence-corrected chi connectivity index (χ1v) is 8.54. The molecule has 2 aliphatic rings. The van der Waals surface area contributed by atoms with Crippen molar-refractivity contribution in [1.29, 1.82) is 0 Å². The van der Waals surface area contributed by atoms with Gasteiger partial charge in [-0.05, 0) is 30.6 Å². The average molecular weight is 284 g/mol. The van der Waals surface area contributed by atoms with Crippen LogP contribution in [0.3, 0.4) is 0 Å². The minimum Gasteiger partial charge on any atom is -0.381 e. The third-order valence-electron chi connectivity index (χ3n) is 4.47. The van der Waals surface area contributed by atoms with E-state index in [-0.39, 0.29) is 5.54 Å². The van der Waals surface area contributed by atoms with Gasteiger partial charge in [-0.25, -0.2) is 0 Å². The lowest BCUT2D eigenvalue weighted by molar-refractivity contribution is 0.0555. The van der Waals surface area contributed by atoms with Crippen molar-refractivity contribution in [2.45, 2.75) is 46.1 Å². The number of hydrogen-bond acceptors (Lipinski definition) is 3. The second-order valence-electron chi connectivity index (χ2n) is 6.60. The van der Waals surface area contributed by atoms with Crippen molar-refractivity contribution in [2.75, 3.05) is 25.5 Å². The van der Waals surface area contributed by atoms with Crippen LogP contribution in [-0.2, 0) is 4.74 Å². The van der Waals surface area contributed by atoms with Gasteiger partial charge >= 0.3 is 0 Å². The second kappa shape index (κ2) is 6.49. The van der Waals surface area contributed by atoms with E-state index in [2.05, 4.69) is 33.0 Å². The van der Waals surface area contributed by atoms with Crippen LogP contribution in [0.4, 0.5) is 0 Å². The summed E-state index contributed by atoms with van der Waals surface area (Å²) in [6.45, 7) is 12.0.